The molecule has 1 atom stereocenters. The molecule has 2 N–H and O–H groups in total. The van der Waals surface area contributed by atoms with Crippen molar-refractivity contribution in [3.63, 3.8) is 0 Å². The number of hydrogen-bond acceptors (Lipinski definition) is 4. The molecular formula is C13H21NO4S. The lowest BCUT2D eigenvalue weighted by Gasteiger charge is -2.11. The van der Waals surface area contributed by atoms with Crippen molar-refractivity contribution in [3.8, 4) is 5.75 Å². The maximum atomic E-state index is 11.9. The van der Waals surface area contributed by atoms with Crippen LogP contribution in [0.4, 0.5) is 0 Å². The Morgan fingerprint density at radius 3 is 2.47 bits per heavy atom. The lowest BCUT2D eigenvalue weighted by atomic mass is 10.2. The molecule has 0 saturated carbocycles. The molecule has 0 aromatic heterocycles. The van der Waals surface area contributed by atoms with E-state index in [0.717, 1.165) is 6.42 Å². The highest BCUT2D eigenvalue weighted by molar-refractivity contribution is 7.89. The zero-order valence-electron chi connectivity index (χ0n) is 11.3. The quantitative estimate of drug-likeness (QED) is 0.757. The SMILES string of the molecule is CCCOc1ccc(S(=O)(=O)NCC(C)CO)cc1. The lowest BCUT2D eigenvalue weighted by Crippen LogP contribution is -2.29. The minimum atomic E-state index is -3.52. The predicted molar refractivity (Wildman–Crippen MR) is 73.7 cm³/mol. The zero-order chi connectivity index (χ0) is 14.3. The van der Waals surface area contributed by atoms with Gasteiger partial charge in [-0.05, 0) is 36.6 Å². The van der Waals surface area contributed by atoms with Crippen molar-refractivity contribution in [3.05, 3.63) is 24.3 Å². The first-order valence-corrected chi connectivity index (χ1v) is 7.81. The molecule has 6 heteroatoms. The number of rotatable bonds is 8. The Bertz CT molecular complexity index is 470. The van der Waals surface area contributed by atoms with E-state index < -0.39 is 10.0 Å². The molecular weight excluding hydrogens is 266 g/mol. The van der Waals surface area contributed by atoms with E-state index in [1.807, 2.05) is 6.92 Å². The number of benzene rings is 1. The van der Waals surface area contributed by atoms with Gasteiger partial charge in [-0.15, -0.1) is 0 Å². The van der Waals surface area contributed by atoms with Crippen LogP contribution in [0.1, 0.15) is 20.3 Å². The fourth-order valence-electron chi connectivity index (χ4n) is 1.33. The van der Waals surface area contributed by atoms with Crippen LogP contribution in [0.25, 0.3) is 0 Å². The summed E-state index contributed by atoms with van der Waals surface area (Å²) in [4.78, 5) is 0.196. The van der Waals surface area contributed by atoms with Gasteiger partial charge < -0.3 is 9.84 Å². The average Bonchev–Trinajstić information content (AvgIpc) is 2.43. The summed E-state index contributed by atoms with van der Waals surface area (Å²) < 4.78 is 31.7. The monoisotopic (exact) mass is 287 g/mol. The largest absolute Gasteiger partial charge is 0.494 e. The van der Waals surface area contributed by atoms with Crippen LogP contribution in [0, 0.1) is 5.92 Å². The summed E-state index contributed by atoms with van der Waals surface area (Å²) in [5.41, 5.74) is 0. The molecule has 0 aliphatic heterocycles. The summed E-state index contributed by atoms with van der Waals surface area (Å²) in [7, 11) is -3.52. The minimum absolute atomic E-state index is 0.0493. The van der Waals surface area contributed by atoms with Gasteiger partial charge in [0.1, 0.15) is 5.75 Å². The summed E-state index contributed by atoms with van der Waals surface area (Å²) in [5.74, 6) is 0.548. The molecule has 0 aliphatic rings. The Morgan fingerprint density at radius 2 is 1.95 bits per heavy atom. The second-order valence-corrected chi connectivity index (χ2v) is 6.23. The van der Waals surface area contributed by atoms with Gasteiger partial charge in [-0.25, -0.2) is 13.1 Å². The molecule has 1 unspecified atom stereocenters. The molecule has 1 aromatic rings. The maximum absolute atomic E-state index is 11.9. The molecule has 1 aromatic carbocycles. The van der Waals surface area contributed by atoms with E-state index in [1.165, 1.54) is 12.1 Å². The molecule has 5 nitrogen and oxygen atoms in total. The third kappa shape index (κ3) is 5.18. The fraction of sp³-hybridized carbons (Fsp3) is 0.538. The third-order valence-electron chi connectivity index (χ3n) is 2.54. The first-order valence-electron chi connectivity index (χ1n) is 6.33. The second kappa shape index (κ2) is 7.47. The van der Waals surface area contributed by atoms with Crippen LogP contribution in [0.3, 0.4) is 0 Å². The first kappa shape index (κ1) is 15.9. The van der Waals surface area contributed by atoms with Crippen LogP contribution >= 0.6 is 0 Å². The van der Waals surface area contributed by atoms with Gasteiger partial charge in [0.15, 0.2) is 0 Å². The van der Waals surface area contributed by atoms with Gasteiger partial charge >= 0.3 is 0 Å². The third-order valence-corrected chi connectivity index (χ3v) is 3.98. The van der Waals surface area contributed by atoms with Gasteiger partial charge in [-0.1, -0.05) is 13.8 Å². The van der Waals surface area contributed by atoms with Crippen molar-refractivity contribution >= 4 is 10.0 Å². The molecule has 0 amide bonds. The number of aliphatic hydroxyl groups excluding tert-OH is 1. The van der Waals surface area contributed by atoms with Crippen LogP contribution in [0.15, 0.2) is 29.2 Å². The highest BCUT2D eigenvalue weighted by Crippen LogP contribution is 2.16. The van der Waals surface area contributed by atoms with E-state index in [9.17, 15) is 8.42 Å². The van der Waals surface area contributed by atoms with Gasteiger partial charge in [-0.2, -0.15) is 0 Å². The van der Waals surface area contributed by atoms with Crippen LogP contribution < -0.4 is 9.46 Å². The molecule has 0 spiro atoms. The lowest BCUT2D eigenvalue weighted by molar-refractivity contribution is 0.238. The fourth-order valence-corrected chi connectivity index (χ4v) is 2.50. The Balaban J connectivity index is 2.68. The first-order chi connectivity index (χ1) is 8.99. The van der Waals surface area contributed by atoms with Gasteiger partial charge in [-0.3, -0.25) is 0 Å². The molecule has 0 radical (unpaired) electrons. The Morgan fingerprint density at radius 1 is 1.32 bits per heavy atom. The van der Waals surface area contributed by atoms with E-state index in [0.29, 0.717) is 12.4 Å². The van der Waals surface area contributed by atoms with Crippen LogP contribution in [-0.4, -0.2) is 33.3 Å². The molecule has 0 bridgehead atoms. The zero-order valence-corrected chi connectivity index (χ0v) is 12.1. The smallest absolute Gasteiger partial charge is 0.240 e. The molecule has 1 rings (SSSR count). The number of sulfonamides is 1. The van der Waals surface area contributed by atoms with Gasteiger partial charge in [0.2, 0.25) is 10.0 Å². The van der Waals surface area contributed by atoms with E-state index in [4.69, 9.17) is 9.84 Å². The number of aliphatic hydroxyl groups is 1. The Kier molecular flexibility index (Phi) is 6.27. The van der Waals surface area contributed by atoms with Crippen molar-refractivity contribution in [2.75, 3.05) is 19.8 Å². The highest BCUT2D eigenvalue weighted by atomic mass is 32.2. The van der Waals surface area contributed by atoms with Crippen molar-refractivity contribution in [2.24, 2.45) is 5.92 Å². The molecule has 19 heavy (non-hydrogen) atoms. The average molecular weight is 287 g/mol. The van der Waals surface area contributed by atoms with E-state index in [-0.39, 0.29) is 24.0 Å². The standard InChI is InChI=1S/C13H21NO4S/c1-3-8-18-12-4-6-13(7-5-12)19(16,17)14-9-11(2)10-15/h4-7,11,14-15H,3,8-10H2,1-2H3. The summed E-state index contributed by atoms with van der Waals surface area (Å²) >= 11 is 0. The molecule has 0 saturated heterocycles. The molecule has 0 aliphatic carbocycles. The van der Waals surface area contributed by atoms with Crippen LogP contribution in [0.2, 0.25) is 0 Å². The predicted octanol–water partition coefficient (Wildman–Crippen LogP) is 1.38. The summed E-state index contributed by atoms with van der Waals surface area (Å²) in [6, 6.07) is 6.30. The van der Waals surface area contributed by atoms with Crippen molar-refractivity contribution in [1.82, 2.24) is 4.72 Å². The second-order valence-electron chi connectivity index (χ2n) is 4.46. The summed E-state index contributed by atoms with van der Waals surface area (Å²) in [5, 5.41) is 8.87. The van der Waals surface area contributed by atoms with E-state index in [1.54, 1.807) is 19.1 Å². The topological polar surface area (TPSA) is 75.6 Å². The number of hydrogen-bond donors (Lipinski definition) is 2. The van der Waals surface area contributed by atoms with Crippen LogP contribution in [0.5, 0.6) is 5.75 Å². The normalized spacial score (nSPS) is 13.2. The van der Waals surface area contributed by atoms with Crippen LogP contribution in [-0.2, 0) is 10.0 Å². The number of ether oxygens (including phenoxy) is 1. The van der Waals surface area contributed by atoms with Gasteiger partial charge in [0.25, 0.3) is 0 Å². The highest BCUT2D eigenvalue weighted by Gasteiger charge is 2.14. The van der Waals surface area contributed by atoms with Crippen molar-refractivity contribution < 1.29 is 18.3 Å². The molecule has 0 heterocycles. The minimum Gasteiger partial charge on any atom is -0.494 e. The summed E-state index contributed by atoms with van der Waals surface area (Å²) in [6.45, 7) is 4.55. The molecule has 108 valence electrons. The van der Waals surface area contributed by atoms with Crippen molar-refractivity contribution in [1.29, 1.82) is 0 Å². The number of nitrogens with one attached hydrogen (secondary N) is 1. The van der Waals surface area contributed by atoms with E-state index >= 15 is 0 Å². The van der Waals surface area contributed by atoms with Gasteiger partial charge in [0.05, 0.1) is 11.5 Å². The molecule has 0 fully saturated rings. The Labute approximate surface area is 114 Å². The van der Waals surface area contributed by atoms with E-state index in [2.05, 4.69) is 4.72 Å². The maximum Gasteiger partial charge on any atom is 0.240 e. The van der Waals surface area contributed by atoms with Gasteiger partial charge in [0, 0.05) is 13.2 Å². The van der Waals surface area contributed by atoms with Crippen molar-refractivity contribution in [2.45, 2.75) is 25.2 Å². The summed E-state index contributed by atoms with van der Waals surface area (Å²) in [6.07, 6.45) is 0.903. The Hall–Kier alpha value is -1.11.